The van der Waals surface area contributed by atoms with Gasteiger partial charge in [0, 0.05) is 39.9 Å². The van der Waals surface area contributed by atoms with Gasteiger partial charge in [0.1, 0.15) is 5.82 Å². The zero-order valence-electron chi connectivity index (χ0n) is 11.1. The third-order valence-corrected chi connectivity index (χ3v) is 4.65. The van der Waals surface area contributed by atoms with E-state index in [1.54, 1.807) is 11.8 Å². The highest BCUT2D eigenvalue weighted by atomic mass is 79.9. The van der Waals surface area contributed by atoms with Crippen molar-refractivity contribution >= 4 is 27.7 Å². The van der Waals surface area contributed by atoms with Gasteiger partial charge in [-0.1, -0.05) is 15.9 Å². The van der Waals surface area contributed by atoms with E-state index in [1.165, 1.54) is 17.7 Å². The number of nitrogens with one attached hydrogen (secondary N) is 1. The molecule has 0 aliphatic heterocycles. The van der Waals surface area contributed by atoms with Gasteiger partial charge in [-0.15, -0.1) is 11.8 Å². The Bertz CT molecular complexity index is 552. The van der Waals surface area contributed by atoms with Crippen LogP contribution >= 0.6 is 27.7 Å². The summed E-state index contributed by atoms with van der Waals surface area (Å²) in [6, 6.07) is 9.03. The Balaban J connectivity index is 1.50. The Labute approximate surface area is 131 Å². The smallest absolute Gasteiger partial charge is 0.138 e. The summed E-state index contributed by atoms with van der Waals surface area (Å²) in [5.74, 6) is 1.69. The lowest BCUT2D eigenvalue weighted by Crippen LogP contribution is -2.15. The highest BCUT2D eigenvalue weighted by Gasteiger charge is 2.19. The Morgan fingerprint density at radius 1 is 1.15 bits per heavy atom. The molecule has 0 atom stereocenters. The summed E-state index contributed by atoms with van der Waals surface area (Å²) in [6.45, 7) is 0.880. The number of hydrogen-bond donors (Lipinski definition) is 1. The van der Waals surface area contributed by atoms with Crippen LogP contribution in [0.4, 0.5) is 0 Å². The Morgan fingerprint density at radius 3 is 2.50 bits per heavy atom. The van der Waals surface area contributed by atoms with Gasteiger partial charge in [0.25, 0.3) is 0 Å². The Morgan fingerprint density at radius 2 is 1.85 bits per heavy atom. The van der Waals surface area contributed by atoms with Gasteiger partial charge in [-0.3, -0.25) is 0 Å². The molecule has 1 N–H and O–H groups in total. The lowest BCUT2D eigenvalue weighted by atomic mass is 10.3. The van der Waals surface area contributed by atoms with Crippen LogP contribution in [-0.4, -0.2) is 16.0 Å². The molecule has 2 aromatic rings. The first-order chi connectivity index (χ1) is 9.79. The van der Waals surface area contributed by atoms with E-state index in [0.29, 0.717) is 0 Å². The van der Waals surface area contributed by atoms with Crippen molar-refractivity contribution in [3.05, 3.63) is 52.5 Å². The fourth-order valence-electron chi connectivity index (χ4n) is 1.78. The van der Waals surface area contributed by atoms with Crippen LogP contribution in [0.2, 0.25) is 0 Å². The molecule has 0 unspecified atom stereocenters. The van der Waals surface area contributed by atoms with Gasteiger partial charge in [0.2, 0.25) is 0 Å². The van der Waals surface area contributed by atoms with Crippen molar-refractivity contribution in [2.75, 3.05) is 0 Å². The second-order valence-electron chi connectivity index (χ2n) is 4.91. The van der Waals surface area contributed by atoms with E-state index in [1.807, 2.05) is 12.4 Å². The Kier molecular flexibility index (Phi) is 4.70. The number of hydrogen-bond acceptors (Lipinski definition) is 4. The normalized spacial score (nSPS) is 14.4. The summed E-state index contributed by atoms with van der Waals surface area (Å²) >= 11 is 5.19. The van der Waals surface area contributed by atoms with Gasteiger partial charge < -0.3 is 5.32 Å². The molecule has 0 amide bonds. The number of thioether (sulfide) groups is 1. The first-order valence-corrected chi connectivity index (χ1v) is 8.49. The monoisotopic (exact) mass is 349 g/mol. The van der Waals surface area contributed by atoms with Crippen molar-refractivity contribution in [1.29, 1.82) is 0 Å². The molecule has 1 aromatic heterocycles. The molecule has 0 radical (unpaired) electrons. The summed E-state index contributed by atoms with van der Waals surface area (Å²) in [5, 5.41) is 3.47. The minimum atomic E-state index is 0.725. The van der Waals surface area contributed by atoms with Crippen LogP contribution in [0.5, 0.6) is 0 Å². The number of nitrogens with zero attached hydrogens (tertiary/aromatic N) is 2. The molecule has 1 aromatic carbocycles. The largest absolute Gasteiger partial charge is 0.310 e. The van der Waals surface area contributed by atoms with Crippen molar-refractivity contribution in [2.45, 2.75) is 36.1 Å². The lowest BCUT2D eigenvalue weighted by molar-refractivity contribution is 0.682. The maximum absolute atomic E-state index is 4.43. The molecule has 1 heterocycles. The lowest BCUT2D eigenvalue weighted by Gasteiger charge is -2.04. The van der Waals surface area contributed by atoms with Gasteiger partial charge in [-0.05, 0) is 37.1 Å². The second-order valence-corrected chi connectivity index (χ2v) is 6.87. The van der Waals surface area contributed by atoms with Crippen molar-refractivity contribution in [2.24, 2.45) is 0 Å². The fourth-order valence-corrected chi connectivity index (χ4v) is 2.81. The molecular weight excluding hydrogens is 334 g/mol. The Hall–Kier alpha value is -0.910. The summed E-state index contributed by atoms with van der Waals surface area (Å²) in [4.78, 5) is 10.1. The summed E-state index contributed by atoms with van der Waals surface area (Å²) < 4.78 is 1.10. The van der Waals surface area contributed by atoms with E-state index < -0.39 is 0 Å². The number of aromatic nitrogens is 2. The SMILES string of the molecule is Brc1ccc(SCc2ncc(CNC3CC3)cn2)cc1. The van der Waals surface area contributed by atoms with Crippen molar-refractivity contribution in [3.8, 4) is 0 Å². The number of halogens is 1. The first-order valence-electron chi connectivity index (χ1n) is 6.71. The fraction of sp³-hybridized carbons (Fsp3) is 0.333. The van der Waals surface area contributed by atoms with Crippen LogP contribution in [0.15, 0.2) is 46.0 Å². The molecule has 1 aliphatic carbocycles. The molecule has 3 nitrogen and oxygen atoms in total. The molecule has 0 saturated heterocycles. The van der Waals surface area contributed by atoms with E-state index >= 15 is 0 Å². The van der Waals surface area contributed by atoms with Gasteiger partial charge in [0.05, 0.1) is 5.75 Å². The van der Waals surface area contributed by atoms with Gasteiger partial charge in [-0.25, -0.2) is 9.97 Å². The first kappa shape index (κ1) is 14.0. The maximum Gasteiger partial charge on any atom is 0.138 e. The highest BCUT2D eigenvalue weighted by Crippen LogP contribution is 2.23. The van der Waals surface area contributed by atoms with E-state index in [0.717, 1.165) is 34.2 Å². The third kappa shape index (κ3) is 4.30. The van der Waals surface area contributed by atoms with Crippen LogP contribution in [0, 0.1) is 0 Å². The molecule has 20 heavy (non-hydrogen) atoms. The highest BCUT2D eigenvalue weighted by molar-refractivity contribution is 9.10. The molecule has 104 valence electrons. The molecule has 1 fully saturated rings. The average Bonchev–Trinajstić information content (AvgIpc) is 3.30. The van der Waals surface area contributed by atoms with Crippen molar-refractivity contribution in [1.82, 2.24) is 15.3 Å². The maximum atomic E-state index is 4.43. The zero-order chi connectivity index (χ0) is 13.8. The minimum Gasteiger partial charge on any atom is -0.310 e. The van der Waals surface area contributed by atoms with Gasteiger partial charge >= 0.3 is 0 Å². The minimum absolute atomic E-state index is 0.725. The molecule has 3 rings (SSSR count). The summed E-state index contributed by atoms with van der Waals surface area (Å²) in [7, 11) is 0. The van der Waals surface area contributed by atoms with E-state index in [4.69, 9.17) is 0 Å². The van der Waals surface area contributed by atoms with Gasteiger partial charge in [-0.2, -0.15) is 0 Å². The number of benzene rings is 1. The predicted molar refractivity (Wildman–Crippen MR) is 85.6 cm³/mol. The topological polar surface area (TPSA) is 37.8 Å². The molecule has 0 bridgehead atoms. The standard InChI is InChI=1S/C15H16BrN3S/c16-12-1-5-14(6-2-12)20-10-15-18-8-11(9-19-15)7-17-13-3-4-13/h1-2,5-6,8-9,13,17H,3-4,7,10H2. The quantitative estimate of drug-likeness (QED) is 0.805. The number of rotatable bonds is 6. The second kappa shape index (κ2) is 6.70. The molecule has 1 saturated carbocycles. The average molecular weight is 350 g/mol. The van der Waals surface area contributed by atoms with Crippen LogP contribution in [0.3, 0.4) is 0 Å². The van der Waals surface area contributed by atoms with Crippen LogP contribution in [-0.2, 0) is 12.3 Å². The van der Waals surface area contributed by atoms with E-state index in [-0.39, 0.29) is 0 Å². The predicted octanol–water partition coefficient (Wildman–Crippen LogP) is 3.78. The van der Waals surface area contributed by atoms with Crippen LogP contribution in [0.1, 0.15) is 24.2 Å². The van der Waals surface area contributed by atoms with E-state index in [9.17, 15) is 0 Å². The van der Waals surface area contributed by atoms with Crippen LogP contribution in [0.25, 0.3) is 0 Å². The zero-order valence-corrected chi connectivity index (χ0v) is 13.5. The van der Waals surface area contributed by atoms with Crippen LogP contribution < -0.4 is 5.32 Å². The third-order valence-electron chi connectivity index (χ3n) is 3.11. The van der Waals surface area contributed by atoms with Crippen molar-refractivity contribution < 1.29 is 0 Å². The van der Waals surface area contributed by atoms with E-state index in [2.05, 4.69) is 55.5 Å². The summed E-state index contributed by atoms with van der Waals surface area (Å²) in [6.07, 6.45) is 6.48. The molecule has 0 spiro atoms. The molecule has 1 aliphatic rings. The molecular formula is C15H16BrN3S. The van der Waals surface area contributed by atoms with Gasteiger partial charge in [0.15, 0.2) is 0 Å². The van der Waals surface area contributed by atoms with Crippen molar-refractivity contribution in [3.63, 3.8) is 0 Å². The summed E-state index contributed by atoms with van der Waals surface area (Å²) in [5.41, 5.74) is 1.16. The molecule has 5 heteroatoms.